The van der Waals surface area contributed by atoms with Gasteiger partial charge in [-0.25, -0.2) is 0 Å². The van der Waals surface area contributed by atoms with E-state index in [0.29, 0.717) is 0 Å². The monoisotopic (exact) mass is 377 g/mol. The van der Waals surface area contributed by atoms with Gasteiger partial charge in [-0.3, -0.25) is 0 Å². The SMILES string of the molecule is O=[N+]([O-])OC[C@H](O[N+](=O)[O-])C(O[N+](=O)[O-])[C@@H](CO[N+](=O)[O-])O[N+](=O)[O-]. The lowest BCUT2D eigenvalue weighted by molar-refractivity contribution is -0.828. The average molecular weight is 377 g/mol. The minimum Gasteiger partial charge on any atom is -0.311 e. The zero-order valence-electron chi connectivity index (χ0n) is 11.5. The summed E-state index contributed by atoms with van der Waals surface area (Å²) < 4.78 is 0. The first-order valence-corrected chi connectivity index (χ1v) is 5.51. The van der Waals surface area contributed by atoms with E-state index in [9.17, 15) is 50.6 Å². The molecule has 0 bridgehead atoms. The molecule has 0 fully saturated rings. The smallest absolute Gasteiger partial charge is 0.294 e. The molecule has 25 heavy (non-hydrogen) atoms. The van der Waals surface area contributed by atoms with Gasteiger partial charge in [0.25, 0.3) is 25.4 Å². The van der Waals surface area contributed by atoms with E-state index < -0.39 is 57.0 Å². The van der Waals surface area contributed by atoms with Crippen LogP contribution in [-0.2, 0) is 24.2 Å². The number of rotatable bonds is 14. The van der Waals surface area contributed by atoms with Crippen molar-refractivity contribution >= 4 is 0 Å². The van der Waals surface area contributed by atoms with Gasteiger partial charge >= 0.3 is 0 Å². The Morgan fingerprint density at radius 1 is 0.560 bits per heavy atom. The zero-order chi connectivity index (χ0) is 19.6. The number of nitrogens with zero attached hydrogens (tertiary/aromatic N) is 5. The van der Waals surface area contributed by atoms with Crippen molar-refractivity contribution in [3.05, 3.63) is 50.6 Å². The molecule has 20 nitrogen and oxygen atoms in total. The molecule has 0 aromatic rings. The average Bonchev–Trinajstić information content (AvgIpc) is 2.44. The molecule has 1 unspecified atom stereocenters. The van der Waals surface area contributed by atoms with Crippen LogP contribution in [0.1, 0.15) is 0 Å². The van der Waals surface area contributed by atoms with Gasteiger partial charge in [0.2, 0.25) is 0 Å². The topological polar surface area (TPSA) is 262 Å². The lowest BCUT2D eigenvalue weighted by atomic mass is 10.1. The van der Waals surface area contributed by atoms with E-state index in [0.717, 1.165) is 0 Å². The Morgan fingerprint density at radius 3 is 1.12 bits per heavy atom. The van der Waals surface area contributed by atoms with Crippen LogP contribution in [0.3, 0.4) is 0 Å². The molecule has 0 saturated heterocycles. The molecule has 0 aromatic carbocycles. The normalized spacial score (nSPS) is 13.4. The maximum Gasteiger partial charge on any atom is 0.294 e. The highest BCUT2D eigenvalue weighted by atomic mass is 17.0. The molecule has 0 aromatic heterocycles. The van der Waals surface area contributed by atoms with Crippen LogP contribution in [0.5, 0.6) is 0 Å². The van der Waals surface area contributed by atoms with Gasteiger partial charge in [0.05, 0.1) is 0 Å². The van der Waals surface area contributed by atoms with Crippen molar-refractivity contribution in [1.29, 1.82) is 0 Å². The van der Waals surface area contributed by atoms with Crippen molar-refractivity contribution in [3.63, 3.8) is 0 Å². The molecule has 0 heterocycles. The van der Waals surface area contributed by atoms with Crippen LogP contribution in [0.2, 0.25) is 0 Å². The van der Waals surface area contributed by atoms with Crippen LogP contribution in [-0.4, -0.2) is 57.0 Å². The largest absolute Gasteiger partial charge is 0.311 e. The van der Waals surface area contributed by atoms with Crippen LogP contribution in [0.4, 0.5) is 0 Å². The number of hydrogen-bond donors (Lipinski definition) is 0. The first kappa shape index (κ1) is 21.0. The molecule has 0 aliphatic carbocycles. The molecule has 3 atom stereocenters. The Balaban J connectivity index is 5.56. The second kappa shape index (κ2) is 9.90. The highest BCUT2D eigenvalue weighted by Gasteiger charge is 2.39. The van der Waals surface area contributed by atoms with Crippen LogP contribution >= 0.6 is 0 Å². The quantitative estimate of drug-likeness (QED) is 0.237. The van der Waals surface area contributed by atoms with Gasteiger partial charge in [0.15, 0.2) is 18.3 Å². The molecule has 0 amide bonds. The lowest BCUT2D eigenvalue weighted by Gasteiger charge is -2.27. The highest BCUT2D eigenvalue weighted by molar-refractivity contribution is 4.77. The van der Waals surface area contributed by atoms with Crippen molar-refractivity contribution in [2.24, 2.45) is 0 Å². The summed E-state index contributed by atoms with van der Waals surface area (Å²) in [7, 11) is 0. The van der Waals surface area contributed by atoms with E-state index in [4.69, 9.17) is 0 Å². The van der Waals surface area contributed by atoms with Gasteiger partial charge in [-0.05, 0) is 0 Å². The Labute approximate surface area is 133 Å². The van der Waals surface area contributed by atoms with Gasteiger partial charge in [0.1, 0.15) is 13.2 Å². The van der Waals surface area contributed by atoms with Crippen LogP contribution in [0, 0.1) is 50.6 Å². The van der Waals surface area contributed by atoms with Gasteiger partial charge in [-0.1, -0.05) is 0 Å². The fourth-order valence-electron chi connectivity index (χ4n) is 1.33. The molecule has 0 radical (unpaired) electrons. The second-order valence-corrected chi connectivity index (χ2v) is 3.57. The van der Waals surface area contributed by atoms with Crippen molar-refractivity contribution in [2.75, 3.05) is 13.2 Å². The summed E-state index contributed by atoms with van der Waals surface area (Å²) in [6, 6.07) is 0. The summed E-state index contributed by atoms with van der Waals surface area (Å²) in [5.41, 5.74) is 0. The van der Waals surface area contributed by atoms with E-state index in [1.165, 1.54) is 0 Å². The van der Waals surface area contributed by atoms with Crippen molar-refractivity contribution in [2.45, 2.75) is 18.3 Å². The summed E-state index contributed by atoms with van der Waals surface area (Å²) in [4.78, 5) is 70.6. The third-order valence-corrected chi connectivity index (χ3v) is 2.07. The molecule has 0 aliphatic heterocycles. The minimum absolute atomic E-state index is 1.37. The third-order valence-electron chi connectivity index (χ3n) is 2.07. The van der Waals surface area contributed by atoms with Crippen molar-refractivity contribution in [1.82, 2.24) is 0 Å². The van der Waals surface area contributed by atoms with Crippen LogP contribution in [0.25, 0.3) is 0 Å². The maximum absolute atomic E-state index is 10.4. The summed E-state index contributed by atoms with van der Waals surface area (Å²) >= 11 is 0. The molecule has 20 heteroatoms. The Kier molecular flexibility index (Phi) is 8.32. The fraction of sp³-hybridized carbons (Fsp3) is 1.00. The van der Waals surface area contributed by atoms with Gasteiger partial charge in [-0.15, -0.1) is 50.6 Å². The van der Waals surface area contributed by atoms with Crippen LogP contribution < -0.4 is 0 Å². The third kappa shape index (κ3) is 9.59. The summed E-state index contributed by atoms with van der Waals surface area (Å²) in [6.45, 7) is -2.74. The molecule has 0 aliphatic rings. The molecule has 0 spiro atoms. The summed E-state index contributed by atoms with van der Waals surface area (Å²) in [6.07, 6.45) is -7.11. The van der Waals surface area contributed by atoms with Gasteiger partial charge in [-0.2, -0.15) is 0 Å². The predicted molar refractivity (Wildman–Crippen MR) is 61.5 cm³/mol. The summed E-state index contributed by atoms with van der Waals surface area (Å²) in [5, 5.41) is 43.8. The van der Waals surface area contributed by atoms with E-state index in [2.05, 4.69) is 24.2 Å². The Hall–Kier alpha value is -4.00. The molecule has 0 N–H and O–H groups in total. The van der Waals surface area contributed by atoms with E-state index in [1.807, 2.05) is 0 Å². The highest BCUT2D eigenvalue weighted by Crippen LogP contribution is 2.15. The zero-order valence-corrected chi connectivity index (χ0v) is 11.5. The van der Waals surface area contributed by atoms with E-state index >= 15 is 0 Å². The molecule has 142 valence electrons. The van der Waals surface area contributed by atoms with Crippen LogP contribution in [0.15, 0.2) is 0 Å². The van der Waals surface area contributed by atoms with Crippen molar-refractivity contribution < 1.29 is 49.6 Å². The standard InChI is InChI=1S/C5H7N5O15/c11-6(12)21-1-3(23-8(15)16)5(25-10(19)20)4(24-9(17)18)2-22-7(13)14/h3-5H,1-2H2/t3-,4+,5?. The van der Waals surface area contributed by atoms with Crippen molar-refractivity contribution in [3.8, 4) is 0 Å². The number of hydrogen-bond acceptors (Lipinski definition) is 15. The lowest BCUT2D eigenvalue weighted by Crippen LogP contribution is -2.49. The summed E-state index contributed by atoms with van der Waals surface area (Å²) in [5.74, 6) is 0. The minimum atomic E-state index is -2.45. The predicted octanol–water partition coefficient (Wildman–Crippen LogP) is -1.87. The van der Waals surface area contributed by atoms with E-state index in [1.54, 1.807) is 0 Å². The first-order valence-electron chi connectivity index (χ1n) is 5.51. The van der Waals surface area contributed by atoms with E-state index in [-0.39, 0.29) is 0 Å². The molecule has 0 rings (SSSR count). The molecular formula is C5H7N5O15. The maximum atomic E-state index is 10.4. The Bertz CT molecular complexity index is 484. The van der Waals surface area contributed by atoms with Gasteiger partial charge < -0.3 is 24.2 Å². The van der Waals surface area contributed by atoms with Gasteiger partial charge in [0, 0.05) is 0 Å². The fourth-order valence-corrected chi connectivity index (χ4v) is 1.33. The second-order valence-electron chi connectivity index (χ2n) is 3.57. The molecule has 0 saturated carbocycles. The first-order chi connectivity index (χ1) is 11.5. The molecular weight excluding hydrogens is 370 g/mol. The Morgan fingerprint density at radius 2 is 0.880 bits per heavy atom.